The van der Waals surface area contributed by atoms with E-state index >= 15 is 0 Å². The summed E-state index contributed by atoms with van der Waals surface area (Å²) in [6, 6.07) is 0. The molecule has 0 aromatic carbocycles. The number of hydrogen-bond acceptors (Lipinski definition) is 3. The molecule has 1 amide bonds. The second-order valence-electron chi connectivity index (χ2n) is 1.22. The zero-order valence-electron chi connectivity index (χ0n) is 3.90. The van der Waals surface area contributed by atoms with Crippen molar-refractivity contribution in [2.75, 3.05) is 0 Å². The molecule has 1 N–H and O–H groups in total. The molecule has 0 fully saturated rings. The van der Waals surface area contributed by atoms with Crippen molar-refractivity contribution >= 4 is 12.1 Å². The van der Waals surface area contributed by atoms with E-state index in [4.69, 9.17) is 5.11 Å². The molecule has 0 aromatic rings. The van der Waals surface area contributed by atoms with Crippen molar-refractivity contribution in [3.8, 4) is 0 Å². The Morgan fingerprint density at radius 1 is 1.62 bits per heavy atom. The number of rotatable bonds is 0. The number of amides is 1. The maximum atomic E-state index is 10.2. The SMILES string of the molecule is O=C1[N]N=CC=C1O. The van der Waals surface area contributed by atoms with Gasteiger partial charge < -0.3 is 5.11 Å². The summed E-state index contributed by atoms with van der Waals surface area (Å²) in [4.78, 5) is 10.2. The lowest BCUT2D eigenvalue weighted by Gasteiger charge is -1.95. The van der Waals surface area contributed by atoms with E-state index in [9.17, 15) is 4.79 Å². The largest absolute Gasteiger partial charge is 0.503 e. The number of carbonyl (C=O) groups is 1. The summed E-state index contributed by atoms with van der Waals surface area (Å²) >= 11 is 0. The van der Waals surface area contributed by atoms with E-state index in [0.717, 1.165) is 0 Å². The Hall–Kier alpha value is -1.32. The molecule has 1 aliphatic rings. The summed E-state index contributed by atoms with van der Waals surface area (Å²) < 4.78 is 0. The molecule has 0 aliphatic carbocycles. The smallest absolute Gasteiger partial charge is 0.330 e. The standard InChI is InChI=1S/C4H3N2O2/c7-3-1-2-5-6-4(3)8/h1-2,7H. The van der Waals surface area contributed by atoms with E-state index in [-0.39, 0.29) is 5.76 Å². The molecule has 0 spiro atoms. The second-order valence-corrected chi connectivity index (χ2v) is 1.22. The molecular formula is C4H3N2O2. The number of aliphatic hydroxyl groups excluding tert-OH is 1. The van der Waals surface area contributed by atoms with Crippen molar-refractivity contribution in [3.63, 3.8) is 0 Å². The van der Waals surface area contributed by atoms with Crippen LogP contribution in [0.15, 0.2) is 16.9 Å². The van der Waals surface area contributed by atoms with Crippen LogP contribution in [0.2, 0.25) is 0 Å². The van der Waals surface area contributed by atoms with Gasteiger partial charge in [0.05, 0.1) is 6.21 Å². The van der Waals surface area contributed by atoms with Gasteiger partial charge in [0, 0.05) is 6.08 Å². The summed E-state index contributed by atoms with van der Waals surface area (Å²) in [6.45, 7) is 0. The monoisotopic (exact) mass is 111 g/mol. The number of carbonyl (C=O) groups excluding carboxylic acids is 1. The van der Waals surface area contributed by atoms with E-state index in [2.05, 4.69) is 10.5 Å². The molecule has 0 saturated heterocycles. The predicted molar refractivity (Wildman–Crippen MR) is 26.3 cm³/mol. The Balaban J connectivity index is 2.80. The van der Waals surface area contributed by atoms with E-state index in [1.165, 1.54) is 12.3 Å². The van der Waals surface area contributed by atoms with Crippen molar-refractivity contribution in [1.82, 2.24) is 5.43 Å². The summed E-state index contributed by atoms with van der Waals surface area (Å²) in [7, 11) is 0. The fraction of sp³-hybridized carbons (Fsp3) is 0. The highest BCUT2D eigenvalue weighted by molar-refractivity contribution is 5.97. The summed E-state index contributed by atoms with van der Waals surface area (Å²) in [5, 5.41) is 11.7. The third-order valence-corrected chi connectivity index (χ3v) is 0.667. The highest BCUT2D eigenvalue weighted by Gasteiger charge is 2.08. The van der Waals surface area contributed by atoms with Crippen LogP contribution in [0.4, 0.5) is 0 Å². The van der Waals surface area contributed by atoms with Crippen LogP contribution in [0.3, 0.4) is 0 Å². The van der Waals surface area contributed by atoms with Crippen LogP contribution in [-0.4, -0.2) is 17.2 Å². The first-order chi connectivity index (χ1) is 3.80. The van der Waals surface area contributed by atoms with Gasteiger partial charge in [-0.05, 0) is 0 Å². The molecule has 1 heterocycles. The minimum absolute atomic E-state index is 0.361. The average Bonchev–Trinajstić information content (AvgIpc) is 1.77. The Kier molecular flexibility index (Phi) is 0.997. The molecule has 1 rings (SSSR count). The zero-order valence-corrected chi connectivity index (χ0v) is 3.90. The highest BCUT2D eigenvalue weighted by Crippen LogP contribution is 1.90. The fourth-order valence-electron chi connectivity index (χ4n) is 0.312. The number of allylic oxidation sites excluding steroid dienone is 1. The van der Waals surface area contributed by atoms with Crippen molar-refractivity contribution in [3.05, 3.63) is 11.8 Å². The Morgan fingerprint density at radius 2 is 2.38 bits per heavy atom. The topological polar surface area (TPSA) is 63.8 Å². The lowest BCUT2D eigenvalue weighted by atomic mass is 10.4. The zero-order chi connectivity index (χ0) is 5.98. The van der Waals surface area contributed by atoms with Crippen LogP contribution in [0.25, 0.3) is 0 Å². The van der Waals surface area contributed by atoms with Crippen LogP contribution in [0.1, 0.15) is 0 Å². The molecule has 4 nitrogen and oxygen atoms in total. The van der Waals surface area contributed by atoms with Gasteiger partial charge in [-0.1, -0.05) is 0 Å². The summed E-state index contributed by atoms with van der Waals surface area (Å²) in [5.74, 6) is -1.05. The quantitative estimate of drug-likeness (QED) is 0.460. The van der Waals surface area contributed by atoms with Gasteiger partial charge in [-0.15, -0.1) is 5.43 Å². The maximum absolute atomic E-state index is 10.2. The molecule has 0 bridgehead atoms. The van der Waals surface area contributed by atoms with Crippen LogP contribution in [0, 0.1) is 0 Å². The number of aliphatic hydroxyl groups is 1. The van der Waals surface area contributed by atoms with E-state index in [1.807, 2.05) is 0 Å². The Bertz CT molecular complexity index is 171. The lowest BCUT2D eigenvalue weighted by Crippen LogP contribution is -2.15. The van der Waals surface area contributed by atoms with Gasteiger partial charge in [0.25, 0.3) is 0 Å². The van der Waals surface area contributed by atoms with Crippen molar-refractivity contribution in [1.29, 1.82) is 0 Å². The lowest BCUT2D eigenvalue weighted by molar-refractivity contribution is -0.120. The predicted octanol–water partition coefficient (Wildman–Crippen LogP) is -0.441. The highest BCUT2D eigenvalue weighted by atomic mass is 16.3. The molecular weight excluding hydrogens is 108 g/mol. The van der Waals surface area contributed by atoms with Crippen molar-refractivity contribution in [2.45, 2.75) is 0 Å². The van der Waals surface area contributed by atoms with Crippen molar-refractivity contribution < 1.29 is 9.90 Å². The van der Waals surface area contributed by atoms with Gasteiger partial charge in [-0.25, -0.2) is 0 Å². The minimum Gasteiger partial charge on any atom is -0.503 e. The summed E-state index contributed by atoms with van der Waals surface area (Å²) in [6.07, 6.45) is 2.44. The second kappa shape index (κ2) is 1.65. The van der Waals surface area contributed by atoms with Gasteiger partial charge in [0.2, 0.25) is 0 Å². The van der Waals surface area contributed by atoms with E-state index < -0.39 is 5.91 Å². The molecule has 0 atom stereocenters. The molecule has 0 saturated carbocycles. The van der Waals surface area contributed by atoms with Crippen LogP contribution >= 0.6 is 0 Å². The van der Waals surface area contributed by atoms with Crippen LogP contribution in [-0.2, 0) is 4.79 Å². The van der Waals surface area contributed by atoms with Gasteiger partial charge in [0.1, 0.15) is 0 Å². The van der Waals surface area contributed by atoms with Gasteiger partial charge in [-0.2, -0.15) is 5.10 Å². The normalized spacial score (nSPS) is 17.5. The summed E-state index contributed by atoms with van der Waals surface area (Å²) in [5.41, 5.74) is 3.02. The van der Waals surface area contributed by atoms with Crippen molar-refractivity contribution in [2.24, 2.45) is 5.10 Å². The first kappa shape index (κ1) is 4.83. The third-order valence-electron chi connectivity index (χ3n) is 0.667. The van der Waals surface area contributed by atoms with Crippen LogP contribution in [0.5, 0.6) is 0 Å². The molecule has 41 valence electrons. The minimum atomic E-state index is -0.687. The molecule has 0 unspecified atom stereocenters. The Morgan fingerprint density at radius 3 is 2.75 bits per heavy atom. The Labute approximate surface area is 45.5 Å². The first-order valence-electron chi connectivity index (χ1n) is 1.98. The fourth-order valence-corrected chi connectivity index (χ4v) is 0.312. The molecule has 4 heteroatoms. The molecule has 8 heavy (non-hydrogen) atoms. The maximum Gasteiger partial charge on any atom is 0.330 e. The van der Waals surface area contributed by atoms with E-state index in [0.29, 0.717) is 0 Å². The average molecular weight is 111 g/mol. The number of nitrogens with zero attached hydrogens (tertiary/aromatic N) is 2. The van der Waals surface area contributed by atoms with Gasteiger partial charge in [0.15, 0.2) is 5.76 Å². The molecule has 0 aromatic heterocycles. The third kappa shape index (κ3) is 0.676. The van der Waals surface area contributed by atoms with E-state index in [1.54, 1.807) is 0 Å². The van der Waals surface area contributed by atoms with Gasteiger partial charge >= 0.3 is 5.91 Å². The first-order valence-corrected chi connectivity index (χ1v) is 1.98. The molecule has 1 radical (unpaired) electrons. The number of hydrogen-bond donors (Lipinski definition) is 1. The van der Waals surface area contributed by atoms with Gasteiger partial charge in [-0.3, -0.25) is 4.79 Å². The van der Waals surface area contributed by atoms with Crippen LogP contribution < -0.4 is 5.43 Å². The molecule has 1 aliphatic heterocycles.